The number of rotatable bonds is 10. The van der Waals surface area contributed by atoms with Crippen LogP contribution in [0.2, 0.25) is 5.02 Å². The highest BCUT2D eigenvalue weighted by molar-refractivity contribution is 6.30. The Labute approximate surface area is 233 Å². The van der Waals surface area contributed by atoms with E-state index >= 15 is 0 Å². The lowest BCUT2D eigenvalue weighted by atomic mass is 9.81. The Bertz CT molecular complexity index is 1580. The lowest BCUT2D eigenvalue weighted by molar-refractivity contribution is 0.0968. The molecule has 5 N–H and O–H groups in total. The van der Waals surface area contributed by atoms with Gasteiger partial charge in [0.15, 0.2) is 5.60 Å². The standard InChI is InChI=1S/C31H33ClN4O3/c1-4-35(2)29(19-33)31(39,23-10-8-21(9-11-23)20-34-14-15-37)24-12-13-28-27(17-24)26(18-30(38)36(28)3)22-6-5-7-25(32)16-22/h4-13,16-19,34,37,39H,1,14-15,20,33H2,2-3H3/b29-19-. The Morgan fingerprint density at radius 2 is 1.85 bits per heavy atom. The molecule has 0 amide bonds. The fourth-order valence-corrected chi connectivity index (χ4v) is 5.00. The Balaban J connectivity index is 1.96. The van der Waals surface area contributed by atoms with Gasteiger partial charge in [-0.15, -0.1) is 0 Å². The van der Waals surface area contributed by atoms with Gasteiger partial charge in [-0.3, -0.25) is 4.79 Å². The van der Waals surface area contributed by atoms with Gasteiger partial charge in [-0.25, -0.2) is 0 Å². The van der Waals surface area contributed by atoms with Crippen LogP contribution in [0.15, 0.2) is 102 Å². The number of fused-ring (bicyclic) bond motifs is 1. The molecule has 0 saturated heterocycles. The molecule has 1 unspecified atom stereocenters. The number of nitrogens with two attached hydrogens (primary N) is 1. The first-order valence-electron chi connectivity index (χ1n) is 12.6. The monoisotopic (exact) mass is 544 g/mol. The highest BCUT2D eigenvalue weighted by Crippen LogP contribution is 2.40. The first kappa shape index (κ1) is 28.1. The number of likely N-dealkylation sites (N-methyl/N-ethyl adjacent to an activating group) is 1. The minimum absolute atomic E-state index is 0.0567. The van der Waals surface area contributed by atoms with Crippen LogP contribution in [-0.4, -0.2) is 39.9 Å². The van der Waals surface area contributed by atoms with Crippen molar-refractivity contribution in [2.75, 3.05) is 20.2 Å². The normalized spacial score (nSPS) is 13.3. The number of halogens is 1. The van der Waals surface area contributed by atoms with Gasteiger partial charge in [0, 0.05) is 49.9 Å². The predicted molar refractivity (Wildman–Crippen MR) is 158 cm³/mol. The average molecular weight is 545 g/mol. The van der Waals surface area contributed by atoms with E-state index in [2.05, 4.69) is 11.9 Å². The predicted octanol–water partition coefficient (Wildman–Crippen LogP) is 4.05. The van der Waals surface area contributed by atoms with E-state index in [1.54, 1.807) is 48.0 Å². The van der Waals surface area contributed by atoms with Gasteiger partial charge in [0.25, 0.3) is 5.56 Å². The van der Waals surface area contributed by atoms with E-state index in [4.69, 9.17) is 22.4 Å². The molecule has 1 aromatic heterocycles. The summed E-state index contributed by atoms with van der Waals surface area (Å²) in [5.41, 5.74) is 9.11. The third kappa shape index (κ3) is 5.48. The van der Waals surface area contributed by atoms with Gasteiger partial charge in [0.1, 0.15) is 0 Å². The number of aliphatic hydroxyl groups excluding tert-OH is 1. The van der Waals surface area contributed by atoms with E-state index in [0.717, 1.165) is 16.5 Å². The molecular formula is C31H33ClN4O3. The minimum Gasteiger partial charge on any atom is -0.403 e. The smallest absolute Gasteiger partial charge is 0.251 e. The summed E-state index contributed by atoms with van der Waals surface area (Å²) in [6.07, 6.45) is 2.96. The quantitative estimate of drug-likeness (QED) is 0.225. The Kier molecular flexibility index (Phi) is 8.57. The van der Waals surface area contributed by atoms with Crippen LogP contribution in [0.5, 0.6) is 0 Å². The molecule has 1 heterocycles. The molecule has 1 atom stereocenters. The Morgan fingerprint density at radius 3 is 2.49 bits per heavy atom. The van der Waals surface area contributed by atoms with Crippen molar-refractivity contribution in [2.45, 2.75) is 12.1 Å². The first-order valence-corrected chi connectivity index (χ1v) is 12.9. The van der Waals surface area contributed by atoms with Crippen LogP contribution in [0, 0.1) is 0 Å². The first-order chi connectivity index (χ1) is 18.7. The highest BCUT2D eigenvalue weighted by atomic mass is 35.5. The van der Waals surface area contributed by atoms with Gasteiger partial charge in [-0.2, -0.15) is 0 Å². The second kappa shape index (κ2) is 11.9. The number of hydrogen-bond donors (Lipinski definition) is 4. The molecule has 202 valence electrons. The summed E-state index contributed by atoms with van der Waals surface area (Å²) in [6.45, 7) is 4.99. The molecule has 39 heavy (non-hydrogen) atoms. The van der Waals surface area contributed by atoms with Crippen molar-refractivity contribution in [3.63, 3.8) is 0 Å². The van der Waals surface area contributed by atoms with Gasteiger partial charge >= 0.3 is 0 Å². The van der Waals surface area contributed by atoms with Crippen molar-refractivity contribution in [1.82, 2.24) is 14.8 Å². The van der Waals surface area contributed by atoms with Crippen LogP contribution in [-0.2, 0) is 19.2 Å². The summed E-state index contributed by atoms with van der Waals surface area (Å²) >= 11 is 6.29. The number of aryl methyl sites for hydroxylation is 1. The van der Waals surface area contributed by atoms with Crippen molar-refractivity contribution in [2.24, 2.45) is 12.8 Å². The second-order valence-corrected chi connectivity index (χ2v) is 9.79. The van der Waals surface area contributed by atoms with E-state index in [9.17, 15) is 9.90 Å². The minimum atomic E-state index is -1.65. The summed E-state index contributed by atoms with van der Waals surface area (Å²) in [5, 5.41) is 26.1. The summed E-state index contributed by atoms with van der Waals surface area (Å²) in [6, 6.07) is 22.0. The van der Waals surface area contributed by atoms with Gasteiger partial charge in [-0.1, -0.05) is 60.6 Å². The molecule has 3 aromatic carbocycles. The molecular weight excluding hydrogens is 512 g/mol. The zero-order chi connectivity index (χ0) is 28.2. The molecule has 0 saturated carbocycles. The molecule has 8 heteroatoms. The third-order valence-electron chi connectivity index (χ3n) is 6.97. The third-order valence-corrected chi connectivity index (χ3v) is 7.21. The van der Waals surface area contributed by atoms with E-state index in [1.807, 2.05) is 54.6 Å². The maximum Gasteiger partial charge on any atom is 0.251 e. The molecule has 0 fully saturated rings. The number of aromatic nitrogens is 1. The number of hydrogen-bond acceptors (Lipinski definition) is 6. The molecule has 0 aliphatic carbocycles. The number of pyridine rings is 1. The van der Waals surface area contributed by atoms with E-state index in [1.165, 1.54) is 6.20 Å². The van der Waals surface area contributed by atoms with E-state index in [0.29, 0.717) is 46.0 Å². The lowest BCUT2D eigenvalue weighted by Gasteiger charge is -2.36. The molecule has 0 bridgehead atoms. The van der Waals surface area contributed by atoms with Crippen molar-refractivity contribution in [3.05, 3.63) is 130 Å². The summed E-state index contributed by atoms with van der Waals surface area (Å²) in [7, 11) is 3.49. The molecule has 0 radical (unpaired) electrons. The van der Waals surface area contributed by atoms with Gasteiger partial charge < -0.3 is 30.7 Å². The zero-order valence-corrected chi connectivity index (χ0v) is 22.8. The summed E-state index contributed by atoms with van der Waals surface area (Å²) in [5.74, 6) is 0. The molecule has 0 aliphatic heterocycles. The Morgan fingerprint density at radius 1 is 1.13 bits per heavy atom. The fourth-order valence-electron chi connectivity index (χ4n) is 4.81. The van der Waals surface area contributed by atoms with Crippen molar-refractivity contribution >= 4 is 22.5 Å². The molecule has 0 aliphatic rings. The van der Waals surface area contributed by atoms with Crippen LogP contribution in [0.1, 0.15) is 16.7 Å². The van der Waals surface area contributed by atoms with Gasteiger partial charge in [-0.05, 0) is 58.3 Å². The number of nitrogens with one attached hydrogen (secondary N) is 1. The van der Waals surface area contributed by atoms with Crippen LogP contribution in [0.4, 0.5) is 0 Å². The molecule has 7 nitrogen and oxygen atoms in total. The van der Waals surface area contributed by atoms with E-state index in [-0.39, 0.29) is 12.2 Å². The van der Waals surface area contributed by atoms with Crippen LogP contribution in [0.3, 0.4) is 0 Å². The Hall–Kier alpha value is -3.88. The van der Waals surface area contributed by atoms with Crippen LogP contribution in [0.25, 0.3) is 22.0 Å². The largest absolute Gasteiger partial charge is 0.403 e. The number of aliphatic hydroxyl groups is 2. The zero-order valence-electron chi connectivity index (χ0n) is 22.1. The van der Waals surface area contributed by atoms with E-state index < -0.39 is 5.60 Å². The number of benzene rings is 3. The summed E-state index contributed by atoms with van der Waals surface area (Å²) in [4.78, 5) is 14.5. The fraction of sp³-hybridized carbons (Fsp3) is 0.194. The van der Waals surface area contributed by atoms with Crippen molar-refractivity contribution in [1.29, 1.82) is 0 Å². The lowest BCUT2D eigenvalue weighted by Crippen LogP contribution is -2.37. The van der Waals surface area contributed by atoms with Gasteiger partial charge in [0.2, 0.25) is 0 Å². The second-order valence-electron chi connectivity index (χ2n) is 9.35. The van der Waals surface area contributed by atoms with Crippen LogP contribution < -0.4 is 16.6 Å². The average Bonchev–Trinajstić information content (AvgIpc) is 2.95. The SMILES string of the molecule is C=CN(C)/C(=C\N)C(O)(c1ccc(CNCCO)cc1)c1ccc2c(c1)c(-c1cccc(Cl)c1)cc(=O)n2C. The topological polar surface area (TPSA) is 104 Å². The maximum atomic E-state index is 12.8. The van der Waals surface area contributed by atoms with Crippen LogP contribution >= 0.6 is 11.6 Å². The number of nitrogens with zero attached hydrogens (tertiary/aromatic N) is 2. The maximum absolute atomic E-state index is 12.8. The van der Waals surface area contributed by atoms with Crippen molar-refractivity contribution < 1.29 is 10.2 Å². The summed E-state index contributed by atoms with van der Waals surface area (Å²) < 4.78 is 1.58. The molecule has 4 rings (SSSR count). The van der Waals surface area contributed by atoms with Crippen molar-refractivity contribution in [3.8, 4) is 11.1 Å². The van der Waals surface area contributed by atoms with Gasteiger partial charge in [0.05, 0.1) is 17.8 Å². The molecule has 0 spiro atoms. The highest BCUT2D eigenvalue weighted by Gasteiger charge is 2.38. The molecule has 4 aromatic rings.